The van der Waals surface area contributed by atoms with Crippen LogP contribution in [0.5, 0.6) is 0 Å². The minimum atomic E-state index is 2.78. The van der Waals surface area contributed by atoms with Gasteiger partial charge < -0.3 is 0 Å². The van der Waals surface area contributed by atoms with E-state index in [9.17, 15) is 0 Å². The summed E-state index contributed by atoms with van der Waals surface area (Å²) in [6.07, 6.45) is 0. The second-order valence-corrected chi connectivity index (χ2v) is 0. The van der Waals surface area contributed by atoms with E-state index < -0.39 is 0 Å². The fraction of sp³-hybridized carbons (Fsp3) is 0. The highest BCUT2D eigenvalue weighted by Gasteiger charge is -0.194. The van der Waals surface area contributed by atoms with Gasteiger partial charge in [-0.3, -0.25) is 0 Å². The van der Waals surface area contributed by atoms with E-state index in [0.29, 0.717) is 0 Å². The van der Waals surface area contributed by atoms with Crippen LogP contribution >= 0.6 is 53.6 Å². The maximum absolute atomic E-state index is 5.44. The smallest absolute Gasteiger partial charge is 0.0985 e. The van der Waals surface area contributed by atoms with Gasteiger partial charge in [0.15, 0.2) is 0 Å². The van der Waals surface area contributed by atoms with E-state index in [4.69, 9.17) is 4.50 Å². The van der Waals surface area contributed by atoms with E-state index in [2.05, 4.69) is 53.6 Å². The van der Waals surface area contributed by atoms with Crippen LogP contribution in [0.4, 0.5) is 0 Å². The van der Waals surface area contributed by atoms with Crippen LogP contribution in [0, 0.1) is 0 Å². The van der Waals surface area contributed by atoms with Crippen LogP contribution in [0.15, 0.2) is 0 Å². The van der Waals surface area contributed by atoms with Crippen molar-refractivity contribution < 1.29 is 0 Å². The largest absolute Gasteiger partial charge is 0.197 e. The minimum absolute atomic E-state index is 2.78. The van der Waals surface area contributed by atoms with Crippen molar-refractivity contribution in [1.29, 1.82) is 4.50 Å². The maximum atomic E-state index is 5.44. The average Bonchev–Trinajstić information content (AvgIpc) is 2.03. The lowest BCUT2D eigenvalue weighted by Gasteiger charge is -0.198. The fourth-order valence-corrected chi connectivity index (χ4v) is 0. The molecule has 0 radical (unpaired) electrons. The van der Waals surface area contributed by atoms with Crippen LogP contribution in [-0.4, -0.2) is 4.50 Å². The van der Waals surface area contributed by atoms with E-state index in [1.54, 1.807) is 0 Å². The zero-order chi connectivity index (χ0) is 8.00. The fourth-order valence-electron chi connectivity index (χ4n) is 0. The molecule has 0 aromatic heterocycles. The molecular weight excluding hydrogens is 128 g/mol. The number of hydrogen-bond acceptors (Lipinski definition) is 0. The van der Waals surface area contributed by atoms with Gasteiger partial charge in [0.1, 0.15) is 0 Å². The Bertz CT molecular complexity index is 8.00. The van der Waals surface area contributed by atoms with E-state index in [-0.39, 0.29) is 0 Å². The molecule has 0 bridgehead atoms. The first-order valence-electron chi connectivity index (χ1n) is 1.79. The highest BCUT2D eigenvalue weighted by atomic mass is 32.1. The normalized spacial score (nSPS) is 7.00. The Kier molecular flexibility index (Phi) is 23.3. The van der Waals surface area contributed by atoms with Crippen LogP contribution in [0.2, 0.25) is 0 Å². The van der Waals surface area contributed by atoms with Crippen LogP contribution < -0.4 is 0 Å². The molecule has 0 nitrogen and oxygen atoms in total. The van der Waals surface area contributed by atoms with E-state index >= 15 is 0 Å². The second-order valence-electron chi connectivity index (χ2n) is 0. The molecule has 0 unspecified atom stereocenters. The summed E-state index contributed by atoms with van der Waals surface area (Å²) in [6, 6.07) is 0. The van der Waals surface area contributed by atoms with E-state index in [1.165, 1.54) is 0 Å². The van der Waals surface area contributed by atoms with Crippen LogP contribution in [0.1, 0.15) is 0 Å². The van der Waals surface area contributed by atoms with Gasteiger partial charge in [-0.15, -0.1) is 0 Å². The van der Waals surface area contributed by atoms with Crippen molar-refractivity contribution in [3.8, 4) is 0 Å². The lowest BCUT2D eigenvalue weighted by atomic mass is 32.1. The summed E-state index contributed by atoms with van der Waals surface area (Å²) in [5.74, 6) is 0. The van der Waals surface area contributed by atoms with Gasteiger partial charge in [-0.05, 0) is 0 Å². The monoisotopic (exact) mass is 144 g/mol. The molecule has 4 heavy (non-hydrogen) atoms. The Morgan fingerprint density at radius 1 is 0.750 bits per heavy atom. The van der Waals surface area contributed by atoms with Crippen molar-refractivity contribution in [1.82, 2.24) is 0 Å². The lowest BCUT2D eigenvalue weighted by molar-refractivity contribution is 7.59. The van der Waals surface area contributed by atoms with Gasteiger partial charge in [-0.1, -0.05) is 0 Å². The minimum Gasteiger partial charge on any atom is -0.197 e. The Hall–Kier alpha value is 1.40. The molecule has 0 N–H and O–H groups in total. The Balaban J connectivity index is -0.0000000133. The van der Waals surface area contributed by atoms with Crippen molar-refractivity contribution >= 4 is 53.6 Å². The molecule has 0 fully saturated rings. The lowest BCUT2D eigenvalue weighted by Crippen LogP contribution is 0.647. The van der Waals surface area contributed by atoms with Gasteiger partial charge in [0.25, 0.3) is 0 Å². The quantitative estimate of drug-likeness (QED) is 0.463. The Morgan fingerprint density at radius 2 is 0.750 bits per heavy atom. The SMILES string of the molecule is [3H]S.[3H]S.[3H]S.[3H]S. The summed E-state index contributed by atoms with van der Waals surface area (Å²) >= 11 is 11.1. The van der Waals surface area contributed by atoms with Gasteiger partial charge in [0, 0.05) is 0 Å². The Morgan fingerprint density at radius 3 is 0.750 bits per heavy atom. The summed E-state index contributed by atoms with van der Waals surface area (Å²) < 4.78 is 21.8. The molecule has 0 rings (SSSR count). The van der Waals surface area contributed by atoms with Gasteiger partial charge >= 0.3 is 0 Å². The molecule has 0 atom stereocenters. The predicted molar refractivity (Wildman–Crippen MR) is 41.5 cm³/mol. The van der Waals surface area contributed by atoms with Gasteiger partial charge in [0.2, 0.25) is 0 Å². The highest BCUT2D eigenvalue weighted by molar-refractivity contribution is 7.59. The Labute approximate surface area is 58.5 Å². The summed E-state index contributed by atoms with van der Waals surface area (Å²) in [4.78, 5) is 0. The third-order valence-corrected chi connectivity index (χ3v) is 0. The number of rotatable bonds is 0. The van der Waals surface area contributed by atoms with Crippen molar-refractivity contribution in [2.75, 3.05) is 0 Å². The third kappa shape index (κ3) is 9.99. The zero-order valence-electron chi connectivity index (χ0n) is 5.79. The topological polar surface area (TPSA) is 0 Å². The summed E-state index contributed by atoms with van der Waals surface area (Å²) in [6.45, 7) is 0. The zero-order valence-corrected chi connectivity index (χ0v) is 5.37. The average molecular weight is 144 g/mol. The number of hydrogen-bond donors (Lipinski definition) is 0. The van der Waals surface area contributed by atoms with Crippen molar-refractivity contribution in [3.63, 3.8) is 0 Å². The van der Waals surface area contributed by atoms with E-state index in [1.807, 2.05) is 0 Å². The molecule has 0 heterocycles. The van der Waals surface area contributed by atoms with Crippen molar-refractivity contribution in [3.05, 3.63) is 0 Å². The molecule has 0 saturated carbocycles. The van der Waals surface area contributed by atoms with Gasteiger partial charge in [-0.25, -0.2) is 0 Å². The predicted octanol–water partition coefficient (Wildman–Crippen LogP) is 0.451. The molecule has 0 aromatic rings. The molecule has 32 valence electrons. The molecule has 0 aliphatic heterocycles. The molecule has 0 spiro atoms. The van der Waals surface area contributed by atoms with Crippen molar-refractivity contribution in [2.24, 2.45) is 0 Å². The molecule has 0 aromatic carbocycles. The highest BCUT2D eigenvalue weighted by Crippen LogP contribution is 0.651. The van der Waals surface area contributed by atoms with Gasteiger partial charge in [-0.2, -0.15) is 53.6 Å². The van der Waals surface area contributed by atoms with Gasteiger partial charge in [0.05, 0.1) is 4.50 Å². The van der Waals surface area contributed by atoms with Crippen molar-refractivity contribution in [2.45, 2.75) is 0 Å². The molecule has 0 amide bonds. The maximum Gasteiger partial charge on any atom is 0.0985 e. The molecule has 0 aliphatic rings. The molecule has 0 saturated heterocycles. The molecule has 0 aliphatic carbocycles. The summed E-state index contributed by atoms with van der Waals surface area (Å²) in [5.41, 5.74) is 0. The van der Waals surface area contributed by atoms with Crippen LogP contribution in [0.25, 0.3) is 0 Å². The first-order chi connectivity index (χ1) is 4.00. The molecular formula is H8S4. The third-order valence-electron chi connectivity index (χ3n) is 0. The van der Waals surface area contributed by atoms with Crippen LogP contribution in [-0.2, 0) is 0 Å². The second kappa shape index (κ2) is 26.0. The molecule has 4 heteroatoms. The van der Waals surface area contributed by atoms with E-state index in [0.717, 1.165) is 0 Å². The first kappa shape index (κ1) is 3.59. The summed E-state index contributed by atoms with van der Waals surface area (Å²) in [5, 5.41) is 0. The first-order valence-corrected chi connectivity index (χ1v) is 0. The standard InChI is InChI=1S/4H2S/h4*1H2/i/hT4. The summed E-state index contributed by atoms with van der Waals surface area (Å²) in [7, 11) is 0. The van der Waals surface area contributed by atoms with Crippen LogP contribution in [0.3, 0.4) is 0 Å².